The SMILES string of the molecule is CC.CC.Cc1c2c(nc3ccc4ccc(Br)cc4c13)-c1cc3c(c(=O)n1C2)COC(=O)C3O. The summed E-state index contributed by atoms with van der Waals surface area (Å²) in [5.41, 5.74) is 4.65. The van der Waals surface area contributed by atoms with Gasteiger partial charge < -0.3 is 14.4 Å². The molecule has 0 amide bonds. The first-order valence-corrected chi connectivity index (χ1v) is 12.4. The molecule has 0 bridgehead atoms. The second-order valence-corrected chi connectivity index (χ2v) is 8.67. The Balaban J connectivity index is 0.000000652. The van der Waals surface area contributed by atoms with Gasteiger partial charge in [0.05, 0.1) is 29.0 Å². The molecule has 2 aromatic heterocycles. The third-order valence-corrected chi connectivity index (χ3v) is 6.67. The van der Waals surface area contributed by atoms with Crippen LogP contribution in [0.4, 0.5) is 0 Å². The number of pyridine rings is 2. The number of ether oxygens (including phenoxy) is 1. The number of hydrogen-bond donors (Lipinski definition) is 1. The van der Waals surface area contributed by atoms with E-state index in [1.54, 1.807) is 10.6 Å². The van der Waals surface area contributed by atoms with Crippen molar-refractivity contribution < 1.29 is 14.6 Å². The Morgan fingerprint density at radius 3 is 2.50 bits per heavy atom. The average molecular weight is 523 g/mol. The maximum absolute atomic E-state index is 13.1. The second-order valence-electron chi connectivity index (χ2n) is 7.75. The van der Waals surface area contributed by atoms with Crippen molar-refractivity contribution in [3.8, 4) is 11.4 Å². The molecule has 0 spiro atoms. The largest absolute Gasteiger partial charge is 0.458 e. The number of esters is 1. The van der Waals surface area contributed by atoms with Gasteiger partial charge >= 0.3 is 5.97 Å². The number of aliphatic hydroxyl groups is 1. The van der Waals surface area contributed by atoms with Gasteiger partial charge in [-0.2, -0.15) is 0 Å². The van der Waals surface area contributed by atoms with E-state index < -0.39 is 12.1 Å². The first-order chi connectivity index (χ1) is 16.4. The lowest BCUT2D eigenvalue weighted by molar-refractivity contribution is -0.157. The van der Waals surface area contributed by atoms with Crippen molar-refractivity contribution in [2.45, 2.75) is 53.9 Å². The fraction of sp³-hybridized carbons (Fsp3) is 0.296. The van der Waals surface area contributed by atoms with Crippen molar-refractivity contribution in [1.82, 2.24) is 9.55 Å². The lowest BCUT2D eigenvalue weighted by Gasteiger charge is -2.21. The Morgan fingerprint density at radius 2 is 1.76 bits per heavy atom. The molecule has 1 unspecified atom stereocenters. The van der Waals surface area contributed by atoms with Crippen LogP contribution in [-0.2, 0) is 22.7 Å². The van der Waals surface area contributed by atoms with E-state index in [2.05, 4.69) is 35.0 Å². The van der Waals surface area contributed by atoms with Crippen molar-refractivity contribution in [2.24, 2.45) is 0 Å². The van der Waals surface area contributed by atoms with E-state index in [-0.39, 0.29) is 12.2 Å². The van der Waals surface area contributed by atoms with Crippen LogP contribution < -0.4 is 5.56 Å². The second kappa shape index (κ2) is 9.31. The number of cyclic esters (lactones) is 1. The highest BCUT2D eigenvalue weighted by atomic mass is 79.9. The number of nitrogens with zero attached hydrogens (tertiary/aromatic N) is 2. The number of aryl methyl sites for hydroxylation is 1. The van der Waals surface area contributed by atoms with E-state index >= 15 is 0 Å². The molecular weight excluding hydrogens is 496 g/mol. The molecule has 7 heteroatoms. The summed E-state index contributed by atoms with van der Waals surface area (Å²) in [5.74, 6) is -0.732. The molecule has 0 saturated carbocycles. The number of carbonyl (C=O) groups excluding carboxylic acids is 1. The number of fused-ring (bicyclic) bond motifs is 7. The molecule has 0 saturated heterocycles. The van der Waals surface area contributed by atoms with Gasteiger partial charge in [-0.05, 0) is 47.5 Å². The van der Waals surface area contributed by atoms with Crippen molar-refractivity contribution in [2.75, 3.05) is 0 Å². The molecule has 4 aromatic rings. The molecule has 0 aliphatic carbocycles. The summed E-state index contributed by atoms with van der Waals surface area (Å²) in [7, 11) is 0. The van der Waals surface area contributed by atoms with E-state index in [9.17, 15) is 14.7 Å². The zero-order valence-corrected chi connectivity index (χ0v) is 21.5. The van der Waals surface area contributed by atoms with E-state index in [1.807, 2.05) is 45.9 Å². The topological polar surface area (TPSA) is 81.4 Å². The standard InChI is InChI=1S/C23H15BrN2O4.2C2H6/c1-10-15-8-26-18(7-14-16(22(26)28)9-30-23(29)21(14)27)20(15)25-17-5-3-11-2-4-12(24)6-13(11)19(10)17;2*1-2/h2-7,21,27H,8-9H2,1H3;2*1-2H3. The molecule has 1 atom stereocenters. The van der Waals surface area contributed by atoms with Gasteiger partial charge in [0.2, 0.25) is 0 Å². The highest BCUT2D eigenvalue weighted by molar-refractivity contribution is 9.10. The maximum atomic E-state index is 13.1. The third-order valence-electron chi connectivity index (χ3n) is 6.18. The van der Waals surface area contributed by atoms with Crippen LogP contribution in [0.5, 0.6) is 0 Å². The van der Waals surface area contributed by atoms with Crippen LogP contribution in [0.1, 0.15) is 56.1 Å². The van der Waals surface area contributed by atoms with Gasteiger partial charge in [-0.3, -0.25) is 4.79 Å². The van der Waals surface area contributed by atoms with Gasteiger partial charge in [0.15, 0.2) is 6.10 Å². The van der Waals surface area contributed by atoms with Crippen LogP contribution in [0, 0.1) is 6.92 Å². The third kappa shape index (κ3) is 3.54. The van der Waals surface area contributed by atoms with Gasteiger partial charge in [-0.25, -0.2) is 9.78 Å². The summed E-state index contributed by atoms with van der Waals surface area (Å²) in [6.07, 6.45) is -1.45. The molecular formula is C27H27BrN2O4. The molecule has 0 radical (unpaired) electrons. The Hall–Kier alpha value is -3.03. The highest BCUT2D eigenvalue weighted by Crippen LogP contribution is 2.39. The Bertz CT molecular complexity index is 1510. The normalized spacial score (nSPS) is 15.4. The summed E-state index contributed by atoms with van der Waals surface area (Å²) in [5, 5.41) is 13.5. The fourth-order valence-electron chi connectivity index (χ4n) is 4.65. The molecule has 1 N–H and O–H groups in total. The molecule has 0 fully saturated rings. The maximum Gasteiger partial charge on any atom is 0.340 e. The van der Waals surface area contributed by atoms with E-state index in [0.29, 0.717) is 23.4 Å². The van der Waals surface area contributed by atoms with Crippen LogP contribution in [0.25, 0.3) is 33.1 Å². The summed E-state index contributed by atoms with van der Waals surface area (Å²) >= 11 is 3.56. The predicted octanol–water partition coefficient (Wildman–Crippen LogP) is 5.79. The van der Waals surface area contributed by atoms with Crippen LogP contribution in [0.15, 0.2) is 45.7 Å². The average Bonchev–Trinajstić information content (AvgIpc) is 3.23. The Morgan fingerprint density at radius 1 is 1.06 bits per heavy atom. The minimum Gasteiger partial charge on any atom is -0.458 e. The van der Waals surface area contributed by atoms with E-state index in [0.717, 1.165) is 43.0 Å². The number of hydrogen-bond acceptors (Lipinski definition) is 5. The summed E-state index contributed by atoms with van der Waals surface area (Å²) in [6.45, 7) is 10.3. The number of carbonyl (C=O) groups is 1. The van der Waals surface area contributed by atoms with Gasteiger partial charge in [0, 0.05) is 21.0 Å². The van der Waals surface area contributed by atoms with E-state index in [1.165, 1.54) is 0 Å². The molecule has 4 heterocycles. The molecule has 176 valence electrons. The lowest BCUT2D eigenvalue weighted by atomic mass is 9.96. The molecule has 6 rings (SSSR count). The highest BCUT2D eigenvalue weighted by Gasteiger charge is 2.34. The molecule has 34 heavy (non-hydrogen) atoms. The summed E-state index contributed by atoms with van der Waals surface area (Å²) < 4.78 is 7.61. The van der Waals surface area contributed by atoms with Gasteiger partial charge in [-0.1, -0.05) is 55.8 Å². The summed E-state index contributed by atoms with van der Waals surface area (Å²) in [6, 6.07) is 11.9. The minimum absolute atomic E-state index is 0.117. The molecule has 6 nitrogen and oxygen atoms in total. The van der Waals surface area contributed by atoms with Crippen molar-refractivity contribution in [3.63, 3.8) is 0 Å². The van der Waals surface area contributed by atoms with Gasteiger partial charge in [0.25, 0.3) is 5.56 Å². The molecule has 2 aromatic carbocycles. The monoisotopic (exact) mass is 522 g/mol. The summed E-state index contributed by atoms with van der Waals surface area (Å²) in [4.78, 5) is 29.8. The van der Waals surface area contributed by atoms with Gasteiger partial charge in [0.1, 0.15) is 6.61 Å². The van der Waals surface area contributed by atoms with Gasteiger partial charge in [-0.15, -0.1) is 0 Å². The number of aliphatic hydroxyl groups excluding tert-OH is 1. The number of rotatable bonds is 0. The van der Waals surface area contributed by atoms with E-state index in [4.69, 9.17) is 9.72 Å². The number of halogens is 1. The number of aromatic nitrogens is 2. The minimum atomic E-state index is -1.45. The number of benzene rings is 2. The molecule has 2 aliphatic rings. The van der Waals surface area contributed by atoms with Crippen molar-refractivity contribution >= 4 is 43.6 Å². The predicted molar refractivity (Wildman–Crippen MR) is 138 cm³/mol. The quantitative estimate of drug-likeness (QED) is 0.205. The lowest BCUT2D eigenvalue weighted by Crippen LogP contribution is -2.32. The van der Waals surface area contributed by atoms with Crippen LogP contribution >= 0.6 is 15.9 Å². The van der Waals surface area contributed by atoms with Crippen LogP contribution in [0.3, 0.4) is 0 Å². The van der Waals surface area contributed by atoms with Crippen molar-refractivity contribution in [1.29, 1.82) is 0 Å². The smallest absolute Gasteiger partial charge is 0.340 e. The molecule has 2 aliphatic heterocycles. The fourth-order valence-corrected chi connectivity index (χ4v) is 5.01. The first-order valence-electron chi connectivity index (χ1n) is 11.6. The Labute approximate surface area is 206 Å². The van der Waals surface area contributed by atoms with Crippen LogP contribution in [0.2, 0.25) is 0 Å². The first kappa shape index (κ1) is 24.1. The zero-order chi connectivity index (χ0) is 24.7. The van der Waals surface area contributed by atoms with Crippen molar-refractivity contribution in [3.05, 3.63) is 73.5 Å². The zero-order valence-electron chi connectivity index (χ0n) is 19.9. The Kier molecular flexibility index (Phi) is 6.60. The van der Waals surface area contributed by atoms with Crippen LogP contribution in [-0.4, -0.2) is 20.6 Å².